The Morgan fingerprint density at radius 1 is 1.11 bits per heavy atom. The Bertz CT molecular complexity index is 2670. The molecule has 65 heavy (non-hydrogen) atoms. The first-order valence-electron chi connectivity index (χ1n) is 23.2. The molecular formula is C50H62N8O6S. The van der Waals surface area contributed by atoms with E-state index in [2.05, 4.69) is 86.3 Å². The van der Waals surface area contributed by atoms with Crippen LogP contribution in [0.1, 0.15) is 102 Å². The molecule has 1 saturated heterocycles. The van der Waals surface area contributed by atoms with Gasteiger partial charge in [-0.05, 0) is 93.5 Å². The number of aliphatic imine (C=N–C) groups is 1. The van der Waals surface area contributed by atoms with Gasteiger partial charge in [0.15, 0.2) is 0 Å². The van der Waals surface area contributed by atoms with Gasteiger partial charge in [0, 0.05) is 96.3 Å². The van der Waals surface area contributed by atoms with Gasteiger partial charge in [0.1, 0.15) is 23.2 Å². The van der Waals surface area contributed by atoms with Crippen LogP contribution in [0.25, 0.3) is 33.1 Å². The molecule has 0 spiro atoms. The van der Waals surface area contributed by atoms with Crippen LogP contribution in [-0.2, 0) is 48.6 Å². The van der Waals surface area contributed by atoms with Crippen LogP contribution in [0, 0.1) is 17.3 Å². The van der Waals surface area contributed by atoms with Crippen LogP contribution in [-0.4, -0.2) is 97.2 Å². The number of hydrogen-bond donors (Lipinski definition) is 2. The quantitative estimate of drug-likeness (QED) is 0.143. The van der Waals surface area contributed by atoms with E-state index < -0.39 is 35.5 Å². The van der Waals surface area contributed by atoms with Gasteiger partial charge in [-0.15, -0.1) is 11.8 Å². The van der Waals surface area contributed by atoms with Gasteiger partial charge in [-0.25, -0.2) is 5.43 Å². The largest absolute Gasteiger partial charge is 0.464 e. The molecule has 2 unspecified atom stereocenters. The Morgan fingerprint density at radius 3 is 2.69 bits per heavy atom. The van der Waals surface area contributed by atoms with E-state index in [4.69, 9.17) is 29.2 Å². The number of cyclic esters (lactones) is 1. The number of pyridine rings is 2. The third-order valence-corrected chi connectivity index (χ3v) is 15.2. The number of benzene rings is 1. The van der Waals surface area contributed by atoms with E-state index in [1.807, 2.05) is 50.1 Å². The summed E-state index contributed by atoms with van der Waals surface area (Å²) in [6.07, 6.45) is 6.22. The first-order chi connectivity index (χ1) is 31.2. The predicted molar refractivity (Wildman–Crippen MR) is 253 cm³/mol. The monoisotopic (exact) mass is 902 g/mol. The van der Waals surface area contributed by atoms with Crippen molar-refractivity contribution in [3.8, 4) is 11.3 Å². The lowest BCUT2D eigenvalue weighted by Gasteiger charge is -2.37. The molecule has 1 saturated carbocycles. The summed E-state index contributed by atoms with van der Waals surface area (Å²) in [4.78, 5) is 58.5. The maximum atomic E-state index is 15.0. The zero-order valence-electron chi connectivity index (χ0n) is 39.0. The van der Waals surface area contributed by atoms with Gasteiger partial charge in [-0.2, -0.15) is 0 Å². The molecule has 1 aliphatic carbocycles. The number of aromatic nitrogens is 4. The van der Waals surface area contributed by atoms with Crippen LogP contribution < -0.4 is 10.7 Å². The second-order valence-corrected chi connectivity index (χ2v) is 20.4. The fourth-order valence-electron chi connectivity index (χ4n) is 10.4. The van der Waals surface area contributed by atoms with Crippen molar-refractivity contribution in [2.24, 2.45) is 29.3 Å². The Kier molecular flexibility index (Phi) is 12.4. The Labute approximate surface area is 385 Å². The van der Waals surface area contributed by atoms with E-state index in [0.717, 1.165) is 55.6 Å². The van der Waals surface area contributed by atoms with Crippen molar-refractivity contribution in [3.05, 3.63) is 83.6 Å². The third-order valence-electron chi connectivity index (χ3n) is 14.0. The number of nitrogens with zero attached hydrogens (tertiary/aromatic N) is 6. The molecule has 9 rings (SSSR count). The maximum Gasteiger partial charge on any atom is 0.324 e. The molecule has 3 aliphatic heterocycles. The number of rotatable bonds is 9. The van der Waals surface area contributed by atoms with E-state index in [1.165, 1.54) is 5.01 Å². The zero-order valence-corrected chi connectivity index (χ0v) is 39.8. The molecule has 4 aliphatic rings. The summed E-state index contributed by atoms with van der Waals surface area (Å²) >= 11 is 1.58. The summed E-state index contributed by atoms with van der Waals surface area (Å²) in [5, 5.41) is 7.48. The average molecular weight is 903 g/mol. The van der Waals surface area contributed by atoms with Crippen LogP contribution in [0.2, 0.25) is 0 Å². The number of methoxy groups -OCH3 is 1. The minimum absolute atomic E-state index is 0.00521. The summed E-state index contributed by atoms with van der Waals surface area (Å²) in [5.41, 5.74) is 10.8. The molecule has 4 aromatic heterocycles. The lowest BCUT2D eigenvalue weighted by molar-refractivity contribution is -0.156. The van der Waals surface area contributed by atoms with Gasteiger partial charge in [0.25, 0.3) is 5.91 Å². The number of ether oxygens (including phenoxy) is 3. The van der Waals surface area contributed by atoms with Gasteiger partial charge in [0.05, 0.1) is 41.9 Å². The molecule has 0 radical (unpaired) electrons. The van der Waals surface area contributed by atoms with Crippen molar-refractivity contribution in [1.29, 1.82) is 0 Å². The molecule has 6 bridgehead atoms. The lowest BCUT2D eigenvalue weighted by Crippen LogP contribution is -2.63. The number of carbonyl (C=O) groups is 3. The van der Waals surface area contributed by atoms with E-state index in [-0.39, 0.29) is 54.3 Å². The third kappa shape index (κ3) is 8.38. The number of fused-ring (bicyclic) bond motifs is 6. The number of aryl methyl sites for hydroxylation is 2. The molecule has 2 N–H and O–H groups in total. The number of hydrogen-bond acceptors (Lipinski definition) is 11. The molecule has 1 aromatic carbocycles. The van der Waals surface area contributed by atoms with E-state index >= 15 is 0 Å². The van der Waals surface area contributed by atoms with E-state index in [1.54, 1.807) is 18.9 Å². The Balaban J connectivity index is 1.14. The highest BCUT2D eigenvalue weighted by Crippen LogP contribution is 2.54. The summed E-state index contributed by atoms with van der Waals surface area (Å²) in [7, 11) is 3.69. The molecule has 344 valence electrons. The van der Waals surface area contributed by atoms with Gasteiger partial charge >= 0.3 is 5.97 Å². The van der Waals surface area contributed by atoms with Gasteiger partial charge in [-0.1, -0.05) is 33.8 Å². The summed E-state index contributed by atoms with van der Waals surface area (Å²) in [6, 6.07) is 12.7. The average Bonchev–Trinajstić information content (AvgIpc) is 3.50. The van der Waals surface area contributed by atoms with E-state index in [0.29, 0.717) is 37.4 Å². The van der Waals surface area contributed by atoms with Crippen molar-refractivity contribution in [2.75, 3.05) is 26.9 Å². The number of carbonyl (C=O) groups excluding carboxylic acids is 3. The molecule has 5 aromatic rings. The highest BCUT2D eigenvalue weighted by atomic mass is 32.2. The SMILES string of the molecule is CCO[C@@H]1C2=NC(c3ccc4c(c3)c(c(-c3cccnc3[C@H](C)OC)n4CC)CC(C)(C)COC(=O)[C@@H]3CCCN(N3)C(=O)[C@H]1NC(=O)[C@@H]1[C@@H](C)[C@H]1c1cc3ccn(C)c3cn1)C(C)S2. The normalized spacial score (nSPS) is 27.3. The van der Waals surface area contributed by atoms with Crippen molar-refractivity contribution in [3.63, 3.8) is 0 Å². The van der Waals surface area contributed by atoms with Gasteiger partial charge in [0.2, 0.25) is 5.91 Å². The summed E-state index contributed by atoms with van der Waals surface area (Å²) in [5.74, 6) is -1.53. The second kappa shape index (κ2) is 17.9. The molecule has 15 heteroatoms. The maximum absolute atomic E-state index is 15.0. The minimum Gasteiger partial charge on any atom is -0.464 e. The summed E-state index contributed by atoms with van der Waals surface area (Å²) < 4.78 is 22.9. The van der Waals surface area contributed by atoms with Gasteiger partial charge < -0.3 is 28.7 Å². The van der Waals surface area contributed by atoms with Crippen molar-refractivity contribution >= 4 is 56.4 Å². The highest BCUT2D eigenvalue weighted by Gasteiger charge is 2.55. The van der Waals surface area contributed by atoms with Crippen molar-refractivity contribution in [1.82, 2.24) is 34.9 Å². The van der Waals surface area contributed by atoms with E-state index in [9.17, 15) is 14.4 Å². The molecule has 14 nitrogen and oxygen atoms in total. The summed E-state index contributed by atoms with van der Waals surface area (Å²) in [6.45, 7) is 16.0. The fourth-order valence-corrected chi connectivity index (χ4v) is 11.6. The molecule has 9 atom stereocenters. The van der Waals surface area contributed by atoms with Crippen LogP contribution in [0.4, 0.5) is 0 Å². The fraction of sp³-hybridized carbons (Fsp3) is 0.520. The Hall–Kier alpha value is -5.09. The second-order valence-electron chi connectivity index (χ2n) is 19.0. The van der Waals surface area contributed by atoms with Crippen molar-refractivity contribution in [2.45, 2.75) is 116 Å². The van der Waals surface area contributed by atoms with Crippen LogP contribution in [0.15, 0.2) is 66.0 Å². The number of nitrogens with one attached hydrogen (secondary N) is 2. The first-order valence-corrected chi connectivity index (χ1v) is 24.1. The van der Waals surface area contributed by atoms with Crippen molar-refractivity contribution < 1.29 is 28.6 Å². The van der Waals surface area contributed by atoms with Crippen LogP contribution in [0.3, 0.4) is 0 Å². The predicted octanol–water partition coefficient (Wildman–Crippen LogP) is 7.45. The molecule has 2 amide bonds. The number of hydrazine groups is 1. The standard InChI is InChI=1S/C50H62N8O6S/c1-10-57-37-17-16-31-22-33(37)34(44(57)32-14-12-19-51-41(32)28(4)62-9)24-50(6,7)26-64-49(61)35-15-13-20-58(55-35)48(60)43(45(63-11-2)47-54-42(31)29(5)65-47)53-46(59)40-27(3)39(40)36-23-30-18-21-56(8)38(30)25-52-36/h12,14,16-19,21-23,25,27-29,35,39-40,42-43,45,55H,10-11,13,15,20,24,26H2,1-9H3,(H,53,59)/t27-,28-,29?,35-,39-,40+,42?,43-,45-/m0/s1. The van der Waals surface area contributed by atoms with Crippen LogP contribution in [0.5, 0.6) is 0 Å². The number of esters is 1. The molecule has 7 heterocycles. The van der Waals surface area contributed by atoms with Gasteiger partial charge in [-0.3, -0.25) is 34.4 Å². The number of amides is 2. The topological polar surface area (TPSA) is 154 Å². The molecular weight excluding hydrogens is 841 g/mol. The lowest BCUT2D eigenvalue weighted by atomic mass is 9.84. The number of thioether (sulfide) groups is 1. The first kappa shape index (κ1) is 45.1. The highest BCUT2D eigenvalue weighted by molar-refractivity contribution is 8.14. The Morgan fingerprint density at radius 2 is 1.92 bits per heavy atom. The smallest absolute Gasteiger partial charge is 0.324 e. The minimum atomic E-state index is -1.13. The zero-order chi connectivity index (χ0) is 45.9. The molecule has 2 fully saturated rings. The van der Waals surface area contributed by atoms with Crippen LogP contribution >= 0.6 is 11.8 Å².